The van der Waals surface area contributed by atoms with Crippen molar-refractivity contribution < 1.29 is 9.59 Å². The molecule has 7 nitrogen and oxygen atoms in total. The Hall–Kier alpha value is -2.41. The van der Waals surface area contributed by atoms with Crippen LogP contribution in [0.25, 0.3) is 10.9 Å². The molecular weight excluding hydrogens is 445 g/mol. The first-order valence-electron chi connectivity index (χ1n) is 8.50. The Balaban J connectivity index is 2.05. The number of hydrogen-bond acceptors (Lipinski definition) is 5. The van der Waals surface area contributed by atoms with Gasteiger partial charge in [-0.15, -0.1) is 0 Å². The van der Waals surface area contributed by atoms with E-state index in [-0.39, 0.29) is 31.7 Å². The topological polar surface area (TPSA) is 110 Å². The van der Waals surface area contributed by atoms with Gasteiger partial charge in [0.25, 0.3) is 0 Å². The monoisotopic (exact) mass is 465 g/mol. The third kappa shape index (κ3) is 4.35. The molecule has 0 saturated heterocycles. The molecule has 0 bridgehead atoms. The Morgan fingerprint density at radius 3 is 2.61 bits per heavy atom. The summed E-state index contributed by atoms with van der Waals surface area (Å²) in [6.07, 6.45) is 1.45. The van der Waals surface area contributed by atoms with Gasteiger partial charge in [0.1, 0.15) is 0 Å². The fourth-order valence-electron chi connectivity index (χ4n) is 2.59. The molecule has 2 amide bonds. The molecule has 2 heterocycles. The molecule has 0 unspecified atom stereocenters. The number of aromatic nitrogens is 2. The molecule has 0 spiro atoms. The molecule has 2 aromatic heterocycles. The standard InChI is InChI=1S/C19H20ClN5O2Se/c1-19(2,3)14-7-13(16(28-14)17(21)27)25-18-11-6-10(24-15(26)8-20)4-5-12(11)22-9-23-18/h4-7,9H,8H2,1-3H3,(H2,21,27)(H,24,26)(H,22,23,25). The van der Waals surface area contributed by atoms with Crippen LogP contribution in [-0.2, 0) is 10.2 Å². The first-order chi connectivity index (χ1) is 13.2. The molecular formula is C19H20ClN5O2Se. The summed E-state index contributed by atoms with van der Waals surface area (Å²) < 4.78 is 1.75. The fraction of sp³-hybridized carbons (Fsp3) is 0.263. The van der Waals surface area contributed by atoms with Gasteiger partial charge in [0.05, 0.1) is 0 Å². The van der Waals surface area contributed by atoms with Gasteiger partial charge in [-0.05, 0) is 0 Å². The number of rotatable bonds is 5. The van der Waals surface area contributed by atoms with Crippen LogP contribution in [0.15, 0.2) is 30.6 Å². The van der Waals surface area contributed by atoms with E-state index in [1.54, 1.807) is 18.2 Å². The molecule has 0 atom stereocenters. The first-order valence-corrected chi connectivity index (χ1v) is 10.8. The molecule has 3 rings (SSSR count). The molecule has 9 heteroatoms. The van der Waals surface area contributed by atoms with Crippen LogP contribution in [0, 0.1) is 0 Å². The van der Waals surface area contributed by atoms with Crippen LogP contribution in [0.3, 0.4) is 0 Å². The van der Waals surface area contributed by atoms with Crippen LogP contribution in [0.4, 0.5) is 17.2 Å². The number of hydrogen-bond donors (Lipinski definition) is 3. The van der Waals surface area contributed by atoms with Gasteiger partial charge in [-0.3, -0.25) is 0 Å². The van der Waals surface area contributed by atoms with Crippen LogP contribution < -0.4 is 16.4 Å². The van der Waals surface area contributed by atoms with Crippen molar-refractivity contribution in [1.29, 1.82) is 0 Å². The number of alkyl halides is 1. The van der Waals surface area contributed by atoms with Crippen molar-refractivity contribution in [2.75, 3.05) is 16.5 Å². The Kier molecular flexibility index (Phi) is 5.74. The quantitative estimate of drug-likeness (QED) is 0.397. The van der Waals surface area contributed by atoms with E-state index in [1.165, 1.54) is 10.8 Å². The molecule has 0 fully saturated rings. The summed E-state index contributed by atoms with van der Waals surface area (Å²) in [6, 6.07) is 7.27. The second-order valence-electron chi connectivity index (χ2n) is 7.23. The summed E-state index contributed by atoms with van der Waals surface area (Å²) >= 11 is 5.41. The van der Waals surface area contributed by atoms with Crippen molar-refractivity contribution in [3.63, 3.8) is 0 Å². The Morgan fingerprint density at radius 2 is 1.96 bits per heavy atom. The molecule has 0 aliphatic carbocycles. The number of nitrogens with zero attached hydrogens (tertiary/aromatic N) is 2. The maximum atomic E-state index is 12.0. The number of benzene rings is 1. The summed E-state index contributed by atoms with van der Waals surface area (Å²) in [5, 5.41) is 6.65. The van der Waals surface area contributed by atoms with E-state index < -0.39 is 5.91 Å². The second-order valence-corrected chi connectivity index (χ2v) is 9.70. The van der Waals surface area contributed by atoms with E-state index >= 15 is 0 Å². The van der Waals surface area contributed by atoms with Crippen molar-refractivity contribution in [3.05, 3.63) is 39.5 Å². The van der Waals surface area contributed by atoms with Gasteiger partial charge in [-0.1, -0.05) is 0 Å². The van der Waals surface area contributed by atoms with Crippen LogP contribution in [-0.4, -0.2) is 42.2 Å². The Bertz CT molecular complexity index is 1060. The molecule has 1 aromatic carbocycles. The van der Waals surface area contributed by atoms with Crippen LogP contribution in [0.1, 0.15) is 34.4 Å². The Labute approximate surface area is 173 Å². The van der Waals surface area contributed by atoms with E-state index in [0.29, 0.717) is 32.5 Å². The van der Waals surface area contributed by atoms with E-state index in [2.05, 4.69) is 41.4 Å². The summed E-state index contributed by atoms with van der Waals surface area (Å²) in [5.74, 6) is -0.345. The van der Waals surface area contributed by atoms with E-state index in [0.717, 1.165) is 0 Å². The van der Waals surface area contributed by atoms with Gasteiger partial charge < -0.3 is 0 Å². The SMILES string of the molecule is CC(C)(C)c1cc(Nc2ncnc3ccc(NC(=O)CCl)cc23)c(C(N)=O)[se]1. The van der Waals surface area contributed by atoms with Gasteiger partial charge in [0.15, 0.2) is 0 Å². The summed E-state index contributed by atoms with van der Waals surface area (Å²) in [4.78, 5) is 32.1. The Morgan fingerprint density at radius 1 is 1.21 bits per heavy atom. The fourth-order valence-corrected chi connectivity index (χ4v) is 4.81. The molecule has 4 N–H and O–H groups in total. The number of carbonyl (C=O) groups excluding carboxylic acids is 2. The zero-order chi connectivity index (χ0) is 20.5. The van der Waals surface area contributed by atoms with Crippen molar-refractivity contribution in [2.45, 2.75) is 26.2 Å². The van der Waals surface area contributed by atoms with Crippen molar-refractivity contribution in [1.82, 2.24) is 9.97 Å². The number of fused-ring (bicyclic) bond motifs is 1. The zero-order valence-electron chi connectivity index (χ0n) is 15.7. The zero-order valence-corrected chi connectivity index (χ0v) is 18.1. The molecule has 0 radical (unpaired) electrons. The predicted octanol–water partition coefficient (Wildman–Crippen LogP) is 3.00. The average Bonchev–Trinajstić information content (AvgIpc) is 3.06. The van der Waals surface area contributed by atoms with Crippen molar-refractivity contribution in [3.8, 4) is 0 Å². The molecule has 28 heavy (non-hydrogen) atoms. The van der Waals surface area contributed by atoms with Crippen LogP contribution in [0.2, 0.25) is 0 Å². The van der Waals surface area contributed by atoms with E-state index in [1.807, 2.05) is 6.07 Å². The van der Waals surface area contributed by atoms with Crippen LogP contribution in [0.5, 0.6) is 0 Å². The van der Waals surface area contributed by atoms with Gasteiger partial charge >= 0.3 is 173 Å². The molecule has 3 aromatic rings. The maximum absolute atomic E-state index is 12.0. The van der Waals surface area contributed by atoms with Crippen molar-refractivity contribution in [2.24, 2.45) is 5.73 Å². The summed E-state index contributed by atoms with van der Waals surface area (Å²) in [5.41, 5.74) is 7.49. The third-order valence-electron chi connectivity index (χ3n) is 3.99. The second kappa shape index (κ2) is 7.91. The third-order valence-corrected chi connectivity index (χ3v) is 7.54. The summed E-state index contributed by atoms with van der Waals surface area (Å²) in [7, 11) is 0. The van der Waals surface area contributed by atoms with Gasteiger partial charge in [-0.2, -0.15) is 0 Å². The normalized spacial score (nSPS) is 11.4. The molecule has 0 aliphatic heterocycles. The number of anilines is 3. The first kappa shape index (κ1) is 20.3. The van der Waals surface area contributed by atoms with Gasteiger partial charge in [0, 0.05) is 0 Å². The molecule has 146 valence electrons. The number of nitrogens with two attached hydrogens (primary N) is 1. The van der Waals surface area contributed by atoms with Crippen LogP contribution >= 0.6 is 11.6 Å². The van der Waals surface area contributed by atoms with Gasteiger partial charge in [-0.25, -0.2) is 0 Å². The number of carbonyl (C=O) groups is 2. The van der Waals surface area contributed by atoms with Gasteiger partial charge in [0.2, 0.25) is 0 Å². The number of primary amides is 1. The molecule has 0 saturated carbocycles. The van der Waals surface area contributed by atoms with E-state index in [9.17, 15) is 9.59 Å². The number of nitrogens with one attached hydrogen (secondary N) is 2. The number of amides is 2. The average molecular weight is 465 g/mol. The number of halogens is 1. The summed E-state index contributed by atoms with van der Waals surface area (Å²) in [6.45, 7) is 6.32. The minimum atomic E-state index is -0.438. The minimum absolute atomic E-state index is 0.0586. The predicted molar refractivity (Wildman–Crippen MR) is 113 cm³/mol. The van der Waals surface area contributed by atoms with Crippen molar-refractivity contribution >= 4 is 66.0 Å². The van der Waals surface area contributed by atoms with E-state index in [4.69, 9.17) is 17.3 Å². The molecule has 0 aliphatic rings.